The van der Waals surface area contributed by atoms with Gasteiger partial charge in [-0.3, -0.25) is 9.59 Å². The normalized spacial score (nSPS) is 13.5. The number of carbonyl (C=O) groups excluding carboxylic acids is 2. The first-order valence-corrected chi connectivity index (χ1v) is 6.57. The SMILES string of the molecule is Nc1ccc(F)cc1C(=O)c1ccc2c(c1)C(=O)NCC2. The Morgan fingerprint density at radius 3 is 2.81 bits per heavy atom. The minimum absolute atomic E-state index is 0.103. The van der Waals surface area contributed by atoms with Gasteiger partial charge < -0.3 is 11.1 Å². The number of carbonyl (C=O) groups is 2. The Morgan fingerprint density at radius 1 is 1.19 bits per heavy atom. The summed E-state index contributed by atoms with van der Waals surface area (Å²) >= 11 is 0. The summed E-state index contributed by atoms with van der Waals surface area (Å²) in [5.74, 6) is -1.12. The first-order chi connectivity index (χ1) is 10.1. The Kier molecular flexibility index (Phi) is 3.17. The van der Waals surface area contributed by atoms with Crippen molar-refractivity contribution in [3.05, 3.63) is 64.5 Å². The molecule has 0 atom stereocenters. The molecule has 21 heavy (non-hydrogen) atoms. The number of hydrogen-bond acceptors (Lipinski definition) is 3. The Morgan fingerprint density at radius 2 is 2.00 bits per heavy atom. The fraction of sp³-hybridized carbons (Fsp3) is 0.125. The maximum atomic E-state index is 13.3. The van der Waals surface area contributed by atoms with E-state index in [4.69, 9.17) is 5.73 Å². The standard InChI is InChI=1S/C16H13FN2O2/c17-11-3-4-14(18)13(8-11)15(20)10-2-1-9-5-6-19-16(21)12(9)7-10/h1-4,7-8H,5-6,18H2,(H,19,21). The number of ketones is 1. The molecule has 0 fully saturated rings. The number of fused-ring (bicyclic) bond motifs is 1. The lowest BCUT2D eigenvalue weighted by Crippen LogP contribution is -2.32. The lowest BCUT2D eigenvalue weighted by molar-refractivity contribution is 0.0946. The van der Waals surface area contributed by atoms with Crippen molar-refractivity contribution >= 4 is 17.4 Å². The van der Waals surface area contributed by atoms with Gasteiger partial charge in [0.1, 0.15) is 5.82 Å². The van der Waals surface area contributed by atoms with E-state index in [9.17, 15) is 14.0 Å². The van der Waals surface area contributed by atoms with E-state index < -0.39 is 11.6 Å². The van der Waals surface area contributed by atoms with Gasteiger partial charge >= 0.3 is 0 Å². The summed E-state index contributed by atoms with van der Waals surface area (Å²) in [7, 11) is 0. The lowest BCUT2D eigenvalue weighted by atomic mass is 9.94. The van der Waals surface area contributed by atoms with Crippen molar-refractivity contribution in [2.24, 2.45) is 0 Å². The van der Waals surface area contributed by atoms with E-state index >= 15 is 0 Å². The van der Waals surface area contributed by atoms with Crippen molar-refractivity contribution in [1.82, 2.24) is 5.32 Å². The van der Waals surface area contributed by atoms with Crippen LogP contribution in [0.3, 0.4) is 0 Å². The second kappa shape index (κ2) is 5.01. The smallest absolute Gasteiger partial charge is 0.251 e. The average molecular weight is 284 g/mol. The van der Waals surface area contributed by atoms with Crippen LogP contribution in [-0.2, 0) is 6.42 Å². The number of anilines is 1. The molecule has 0 saturated carbocycles. The van der Waals surface area contributed by atoms with Crippen molar-refractivity contribution < 1.29 is 14.0 Å². The van der Waals surface area contributed by atoms with Gasteiger partial charge in [-0.05, 0) is 36.2 Å². The summed E-state index contributed by atoms with van der Waals surface area (Å²) in [6.45, 7) is 0.593. The predicted molar refractivity (Wildman–Crippen MR) is 76.7 cm³/mol. The van der Waals surface area contributed by atoms with Crippen LogP contribution < -0.4 is 11.1 Å². The van der Waals surface area contributed by atoms with E-state index in [2.05, 4.69) is 5.32 Å². The Balaban J connectivity index is 2.04. The molecule has 106 valence electrons. The number of amides is 1. The number of benzene rings is 2. The summed E-state index contributed by atoms with van der Waals surface area (Å²) in [5.41, 5.74) is 7.76. The fourth-order valence-electron chi connectivity index (χ4n) is 2.43. The number of nitrogen functional groups attached to an aromatic ring is 1. The van der Waals surface area contributed by atoms with Gasteiger partial charge in [-0.1, -0.05) is 12.1 Å². The third kappa shape index (κ3) is 2.38. The first kappa shape index (κ1) is 13.3. The van der Waals surface area contributed by atoms with Crippen LogP contribution in [0.25, 0.3) is 0 Å². The molecule has 0 spiro atoms. The second-order valence-electron chi connectivity index (χ2n) is 4.94. The number of nitrogens with two attached hydrogens (primary N) is 1. The van der Waals surface area contributed by atoms with Crippen molar-refractivity contribution in [2.75, 3.05) is 12.3 Å². The largest absolute Gasteiger partial charge is 0.398 e. The minimum Gasteiger partial charge on any atom is -0.398 e. The third-order valence-corrected chi connectivity index (χ3v) is 3.56. The highest BCUT2D eigenvalue weighted by molar-refractivity contribution is 6.13. The summed E-state index contributed by atoms with van der Waals surface area (Å²) in [6.07, 6.45) is 0.734. The van der Waals surface area contributed by atoms with E-state index in [-0.39, 0.29) is 17.2 Å². The molecule has 1 aliphatic heterocycles. The summed E-state index contributed by atoms with van der Waals surface area (Å²) in [4.78, 5) is 24.2. The fourth-order valence-corrected chi connectivity index (χ4v) is 2.43. The van der Waals surface area contributed by atoms with Crippen LogP contribution >= 0.6 is 0 Å². The zero-order valence-electron chi connectivity index (χ0n) is 11.2. The Hall–Kier alpha value is -2.69. The molecule has 0 unspecified atom stereocenters. The van der Waals surface area contributed by atoms with Crippen molar-refractivity contribution in [3.63, 3.8) is 0 Å². The number of halogens is 1. The van der Waals surface area contributed by atoms with Crippen LogP contribution in [0.5, 0.6) is 0 Å². The van der Waals surface area contributed by atoms with E-state index in [0.29, 0.717) is 17.7 Å². The summed E-state index contributed by atoms with van der Waals surface area (Å²) < 4.78 is 13.3. The zero-order valence-corrected chi connectivity index (χ0v) is 11.2. The monoisotopic (exact) mass is 284 g/mol. The van der Waals surface area contributed by atoms with Crippen LogP contribution in [0.2, 0.25) is 0 Å². The van der Waals surface area contributed by atoms with Gasteiger partial charge in [-0.2, -0.15) is 0 Å². The summed E-state index contributed by atoms with van der Waals surface area (Å²) in [6, 6.07) is 8.61. The molecule has 1 amide bonds. The highest BCUT2D eigenvalue weighted by Gasteiger charge is 2.20. The molecule has 0 saturated heterocycles. The molecule has 4 nitrogen and oxygen atoms in total. The van der Waals surface area contributed by atoms with Gasteiger partial charge in [0, 0.05) is 28.9 Å². The molecule has 5 heteroatoms. The quantitative estimate of drug-likeness (QED) is 0.653. The van der Waals surface area contributed by atoms with Crippen LogP contribution in [0.4, 0.5) is 10.1 Å². The molecule has 0 aromatic heterocycles. The average Bonchev–Trinajstić information content (AvgIpc) is 2.49. The van der Waals surface area contributed by atoms with Crippen LogP contribution in [0.15, 0.2) is 36.4 Å². The van der Waals surface area contributed by atoms with Gasteiger partial charge in [0.2, 0.25) is 0 Å². The molecule has 3 rings (SSSR count). The van der Waals surface area contributed by atoms with E-state index in [0.717, 1.165) is 18.1 Å². The van der Waals surface area contributed by atoms with Crippen LogP contribution in [0, 0.1) is 5.82 Å². The molecular formula is C16H13FN2O2. The third-order valence-electron chi connectivity index (χ3n) is 3.56. The van der Waals surface area contributed by atoms with E-state index in [1.165, 1.54) is 18.2 Å². The highest BCUT2D eigenvalue weighted by atomic mass is 19.1. The first-order valence-electron chi connectivity index (χ1n) is 6.57. The molecule has 2 aromatic rings. The second-order valence-corrected chi connectivity index (χ2v) is 4.94. The summed E-state index contributed by atoms with van der Waals surface area (Å²) in [5, 5.41) is 2.73. The zero-order chi connectivity index (χ0) is 15.0. The molecular weight excluding hydrogens is 271 g/mol. The Bertz CT molecular complexity index is 756. The van der Waals surface area contributed by atoms with Crippen molar-refractivity contribution in [2.45, 2.75) is 6.42 Å². The molecule has 1 heterocycles. The van der Waals surface area contributed by atoms with Gasteiger partial charge in [-0.25, -0.2) is 4.39 Å². The van der Waals surface area contributed by atoms with Crippen LogP contribution in [-0.4, -0.2) is 18.2 Å². The van der Waals surface area contributed by atoms with Gasteiger partial charge in [0.15, 0.2) is 5.78 Å². The van der Waals surface area contributed by atoms with Gasteiger partial charge in [0.05, 0.1) is 0 Å². The topological polar surface area (TPSA) is 72.2 Å². The van der Waals surface area contributed by atoms with E-state index in [1.807, 2.05) is 0 Å². The minimum atomic E-state index is -0.525. The molecule has 0 bridgehead atoms. The maximum absolute atomic E-state index is 13.3. The molecule has 2 aromatic carbocycles. The highest BCUT2D eigenvalue weighted by Crippen LogP contribution is 2.21. The molecule has 0 aliphatic carbocycles. The predicted octanol–water partition coefficient (Wildman–Crippen LogP) is 1.92. The Labute approximate surface area is 120 Å². The molecule has 3 N–H and O–H groups in total. The lowest BCUT2D eigenvalue weighted by Gasteiger charge is -2.17. The molecule has 1 aliphatic rings. The van der Waals surface area contributed by atoms with Gasteiger partial charge in [0.25, 0.3) is 5.91 Å². The van der Waals surface area contributed by atoms with Gasteiger partial charge in [-0.15, -0.1) is 0 Å². The maximum Gasteiger partial charge on any atom is 0.251 e. The molecule has 0 radical (unpaired) electrons. The number of rotatable bonds is 2. The number of nitrogens with one attached hydrogen (secondary N) is 1. The van der Waals surface area contributed by atoms with E-state index in [1.54, 1.807) is 12.1 Å². The van der Waals surface area contributed by atoms with Crippen LogP contribution in [0.1, 0.15) is 31.8 Å². The van der Waals surface area contributed by atoms with Crippen molar-refractivity contribution in [1.29, 1.82) is 0 Å². The number of hydrogen-bond donors (Lipinski definition) is 2. The van der Waals surface area contributed by atoms with Crippen molar-refractivity contribution in [3.8, 4) is 0 Å².